The summed E-state index contributed by atoms with van der Waals surface area (Å²) in [7, 11) is 0. The number of halogens is 3. The molecule has 1 fully saturated rings. The lowest BCUT2D eigenvalue weighted by Crippen LogP contribution is -2.52. The fourth-order valence-corrected chi connectivity index (χ4v) is 2.63. The van der Waals surface area contributed by atoms with Gasteiger partial charge in [-0.15, -0.1) is 0 Å². The van der Waals surface area contributed by atoms with Gasteiger partial charge in [0.15, 0.2) is 0 Å². The molecule has 1 aliphatic rings. The van der Waals surface area contributed by atoms with E-state index in [1.165, 1.54) is 17.6 Å². The smallest absolute Gasteiger partial charge is 0.416 e. The van der Waals surface area contributed by atoms with Crippen LogP contribution in [0.5, 0.6) is 0 Å². The zero-order valence-corrected chi connectivity index (χ0v) is 14.9. The molecule has 0 aromatic heterocycles. The van der Waals surface area contributed by atoms with Gasteiger partial charge in [0.05, 0.1) is 5.56 Å². The van der Waals surface area contributed by atoms with E-state index in [1.54, 1.807) is 13.8 Å². The van der Waals surface area contributed by atoms with E-state index in [0.717, 1.165) is 18.4 Å². The number of nitrogens with one attached hydrogen (secondary N) is 2. The zero-order valence-electron chi connectivity index (χ0n) is 14.9. The molecule has 1 heterocycles. The molecule has 1 aliphatic heterocycles. The summed E-state index contributed by atoms with van der Waals surface area (Å²) >= 11 is 0. The number of ether oxygens (including phenoxy) is 1. The molecule has 1 saturated heterocycles. The first-order valence-corrected chi connectivity index (χ1v) is 8.12. The van der Waals surface area contributed by atoms with E-state index in [2.05, 4.69) is 5.32 Å². The van der Waals surface area contributed by atoms with Gasteiger partial charge in [-0.1, -0.05) is 26.0 Å². The molecule has 3 N–H and O–H groups in total. The van der Waals surface area contributed by atoms with Crippen molar-refractivity contribution in [1.82, 2.24) is 15.7 Å². The molecule has 0 unspecified atom stereocenters. The third-order valence-electron chi connectivity index (χ3n) is 3.90. The molecule has 1 aromatic rings. The molecule has 2 rings (SSSR count). The van der Waals surface area contributed by atoms with Gasteiger partial charge in [0.1, 0.15) is 24.6 Å². The Labute approximate surface area is 157 Å². The molecular weight excluding hydrogens is 383 g/mol. The van der Waals surface area contributed by atoms with Crippen LogP contribution in [-0.4, -0.2) is 34.0 Å². The summed E-state index contributed by atoms with van der Waals surface area (Å²) in [6.07, 6.45) is -3.60. The molecule has 0 saturated carbocycles. The van der Waals surface area contributed by atoms with E-state index >= 15 is 0 Å². The highest BCUT2D eigenvalue weighted by Gasteiger charge is 2.43. The van der Waals surface area contributed by atoms with Crippen molar-refractivity contribution in [3.05, 3.63) is 47.4 Å². The van der Waals surface area contributed by atoms with Gasteiger partial charge in [-0.25, -0.2) is 15.2 Å². The van der Waals surface area contributed by atoms with Crippen LogP contribution < -0.4 is 10.8 Å². The van der Waals surface area contributed by atoms with Crippen molar-refractivity contribution >= 4 is 17.8 Å². The van der Waals surface area contributed by atoms with Crippen molar-refractivity contribution in [2.45, 2.75) is 32.7 Å². The van der Waals surface area contributed by atoms with E-state index in [1.807, 2.05) is 0 Å². The number of amides is 4. The standard InChI is InChI=1S/C17H18F3N3O5/c1-9(2)13(14(24)22-27)23-15(25)12(21-16(23)26)8-28-7-10-4-3-5-11(6-10)17(18,19)20/h3-6,8-9,13,27H,7H2,1-2H3,(H,21,26)(H,22,24)/b12-8-/t13-/m1/s1. The van der Waals surface area contributed by atoms with Crippen molar-refractivity contribution in [3.8, 4) is 0 Å². The number of hydrogen-bond donors (Lipinski definition) is 3. The second-order valence-corrected chi connectivity index (χ2v) is 6.31. The third-order valence-corrected chi connectivity index (χ3v) is 3.90. The second kappa shape index (κ2) is 8.30. The SMILES string of the molecule is CC(C)[C@H](C(=O)NO)N1C(=O)N/C(=C\OCc2cccc(C(F)(F)F)c2)C1=O. The molecule has 0 aliphatic carbocycles. The van der Waals surface area contributed by atoms with Crippen LogP contribution in [0, 0.1) is 5.92 Å². The predicted octanol–water partition coefficient (Wildman–Crippen LogP) is 2.15. The number of rotatable bonds is 6. The monoisotopic (exact) mass is 401 g/mol. The minimum absolute atomic E-state index is 0.208. The van der Waals surface area contributed by atoms with Crippen molar-refractivity contribution in [2.75, 3.05) is 0 Å². The van der Waals surface area contributed by atoms with Crippen LogP contribution >= 0.6 is 0 Å². The maximum Gasteiger partial charge on any atom is 0.416 e. The van der Waals surface area contributed by atoms with E-state index in [4.69, 9.17) is 9.94 Å². The third kappa shape index (κ3) is 4.60. The molecule has 28 heavy (non-hydrogen) atoms. The molecule has 0 radical (unpaired) electrons. The van der Waals surface area contributed by atoms with Crippen LogP contribution in [0.1, 0.15) is 25.0 Å². The number of hydrogen-bond acceptors (Lipinski definition) is 5. The summed E-state index contributed by atoms with van der Waals surface area (Å²) in [6, 6.07) is 2.31. The highest BCUT2D eigenvalue weighted by atomic mass is 19.4. The second-order valence-electron chi connectivity index (χ2n) is 6.31. The van der Waals surface area contributed by atoms with Crippen molar-refractivity contribution in [3.63, 3.8) is 0 Å². The van der Waals surface area contributed by atoms with E-state index in [9.17, 15) is 27.6 Å². The summed E-state index contributed by atoms with van der Waals surface area (Å²) in [5.41, 5.74) is 0.490. The highest BCUT2D eigenvalue weighted by molar-refractivity contribution is 6.13. The van der Waals surface area contributed by atoms with Gasteiger partial charge >= 0.3 is 12.2 Å². The number of imide groups is 1. The number of urea groups is 1. The average Bonchev–Trinajstić information content (AvgIpc) is 2.89. The molecule has 4 amide bonds. The molecule has 0 bridgehead atoms. The van der Waals surface area contributed by atoms with Crippen LogP contribution in [0.4, 0.5) is 18.0 Å². The molecule has 152 valence electrons. The van der Waals surface area contributed by atoms with Crippen LogP contribution in [-0.2, 0) is 27.1 Å². The predicted molar refractivity (Wildman–Crippen MR) is 88.2 cm³/mol. The van der Waals surface area contributed by atoms with E-state index in [0.29, 0.717) is 4.90 Å². The summed E-state index contributed by atoms with van der Waals surface area (Å²) in [5, 5.41) is 11.0. The molecule has 1 atom stereocenters. The van der Waals surface area contributed by atoms with E-state index in [-0.39, 0.29) is 17.9 Å². The van der Waals surface area contributed by atoms with Gasteiger partial charge in [-0.05, 0) is 23.6 Å². The van der Waals surface area contributed by atoms with Gasteiger partial charge in [-0.3, -0.25) is 14.8 Å². The summed E-state index contributed by atoms with van der Waals surface area (Å²) in [6.45, 7) is 2.87. The molecule has 0 spiro atoms. The largest absolute Gasteiger partial charge is 0.494 e. The number of alkyl halides is 3. The fourth-order valence-electron chi connectivity index (χ4n) is 2.63. The Morgan fingerprint density at radius 3 is 2.61 bits per heavy atom. The van der Waals surface area contributed by atoms with Gasteiger partial charge in [0, 0.05) is 0 Å². The normalized spacial score (nSPS) is 17.1. The number of benzene rings is 1. The molecule has 11 heteroatoms. The van der Waals surface area contributed by atoms with Crippen molar-refractivity contribution in [1.29, 1.82) is 0 Å². The Bertz CT molecular complexity index is 807. The minimum Gasteiger partial charge on any atom is -0.494 e. The summed E-state index contributed by atoms with van der Waals surface area (Å²) in [5.74, 6) is -2.30. The van der Waals surface area contributed by atoms with Gasteiger partial charge in [-0.2, -0.15) is 13.2 Å². The summed E-state index contributed by atoms with van der Waals surface area (Å²) < 4.78 is 43.2. The fraction of sp³-hybridized carbons (Fsp3) is 0.353. The lowest BCUT2D eigenvalue weighted by atomic mass is 10.0. The topological polar surface area (TPSA) is 108 Å². The average molecular weight is 401 g/mol. The van der Waals surface area contributed by atoms with Crippen LogP contribution in [0.3, 0.4) is 0 Å². The Morgan fingerprint density at radius 2 is 2.04 bits per heavy atom. The first-order valence-electron chi connectivity index (χ1n) is 8.12. The van der Waals surface area contributed by atoms with Crippen LogP contribution in [0.25, 0.3) is 0 Å². The number of carbonyl (C=O) groups is 3. The van der Waals surface area contributed by atoms with Crippen molar-refractivity contribution < 1.29 is 37.5 Å². The van der Waals surface area contributed by atoms with Crippen molar-refractivity contribution in [2.24, 2.45) is 5.92 Å². The van der Waals surface area contributed by atoms with Gasteiger partial charge < -0.3 is 10.1 Å². The maximum absolute atomic E-state index is 12.7. The number of carbonyl (C=O) groups excluding carboxylic acids is 3. The lowest BCUT2D eigenvalue weighted by molar-refractivity contribution is -0.140. The maximum atomic E-state index is 12.7. The molecular formula is C17H18F3N3O5. The first kappa shape index (κ1) is 21.2. The molecule has 8 nitrogen and oxygen atoms in total. The minimum atomic E-state index is -4.50. The summed E-state index contributed by atoms with van der Waals surface area (Å²) in [4.78, 5) is 36.9. The van der Waals surface area contributed by atoms with Gasteiger partial charge in [0.2, 0.25) is 0 Å². The van der Waals surface area contributed by atoms with E-state index < -0.39 is 41.5 Å². The van der Waals surface area contributed by atoms with Crippen LogP contribution in [0.2, 0.25) is 0 Å². The first-order chi connectivity index (χ1) is 13.1. The van der Waals surface area contributed by atoms with Crippen LogP contribution in [0.15, 0.2) is 36.2 Å². The quantitative estimate of drug-likeness (QED) is 0.223. The molecule has 1 aromatic carbocycles. The van der Waals surface area contributed by atoms with Gasteiger partial charge in [0.25, 0.3) is 11.8 Å². The Hall–Kier alpha value is -3.08. The Balaban J connectivity index is 2.11. The highest BCUT2D eigenvalue weighted by Crippen LogP contribution is 2.29. The Kier molecular flexibility index (Phi) is 6.29. The lowest BCUT2D eigenvalue weighted by Gasteiger charge is -2.25. The Morgan fingerprint density at radius 1 is 1.36 bits per heavy atom. The number of nitrogens with zero attached hydrogens (tertiary/aromatic N) is 1. The zero-order chi connectivity index (χ0) is 21.1. The number of hydroxylamine groups is 1.